The summed E-state index contributed by atoms with van der Waals surface area (Å²) in [5.74, 6) is 4.31. The van der Waals surface area contributed by atoms with E-state index in [2.05, 4.69) is 32.2 Å². The fourth-order valence-corrected chi connectivity index (χ4v) is 6.25. The highest BCUT2D eigenvalue weighted by molar-refractivity contribution is 5.93. The van der Waals surface area contributed by atoms with Crippen LogP contribution in [0.4, 0.5) is 0 Å². The summed E-state index contributed by atoms with van der Waals surface area (Å²) in [6.45, 7) is 10.4. The topological polar surface area (TPSA) is 29.1 Å². The van der Waals surface area contributed by atoms with E-state index in [1.54, 1.807) is 0 Å². The minimum absolute atomic E-state index is 0.122. The molecule has 2 fully saturated rings. The Labute approximate surface area is 142 Å². The Hall–Kier alpha value is -0.790. The fraction of sp³-hybridized carbons (Fsp3) is 0.857. The van der Waals surface area contributed by atoms with Crippen molar-refractivity contribution >= 4 is 5.91 Å². The Balaban J connectivity index is 1.58. The summed E-state index contributed by atoms with van der Waals surface area (Å²) in [6, 6.07) is 0. The Morgan fingerprint density at radius 2 is 2.13 bits per heavy atom. The number of rotatable bonds is 4. The second-order valence-corrected chi connectivity index (χ2v) is 9.04. The summed E-state index contributed by atoms with van der Waals surface area (Å²) >= 11 is 0. The summed E-state index contributed by atoms with van der Waals surface area (Å²) in [4.78, 5) is 11.5. The molecule has 2 saturated carbocycles. The van der Waals surface area contributed by atoms with Gasteiger partial charge < -0.3 is 5.32 Å². The molecule has 23 heavy (non-hydrogen) atoms. The highest BCUT2D eigenvalue weighted by Crippen LogP contribution is 2.59. The van der Waals surface area contributed by atoms with Crippen LogP contribution in [0.25, 0.3) is 0 Å². The third-order valence-electron chi connectivity index (χ3n) is 7.59. The van der Waals surface area contributed by atoms with E-state index in [0.29, 0.717) is 11.3 Å². The third kappa shape index (κ3) is 3.23. The van der Waals surface area contributed by atoms with Crippen molar-refractivity contribution < 1.29 is 4.79 Å². The molecule has 3 rings (SSSR count). The zero-order chi connectivity index (χ0) is 16.6. The Morgan fingerprint density at radius 1 is 1.35 bits per heavy atom. The van der Waals surface area contributed by atoms with E-state index in [1.165, 1.54) is 44.9 Å². The maximum atomic E-state index is 11.5. The number of fused-ring (bicyclic) bond motifs is 1. The van der Waals surface area contributed by atoms with Crippen LogP contribution >= 0.6 is 0 Å². The predicted octanol–water partition coefficient (Wildman–Crippen LogP) is 4.95. The number of carbonyl (C=O) groups is 1. The van der Waals surface area contributed by atoms with Crippen LogP contribution in [0, 0.1) is 35.0 Å². The van der Waals surface area contributed by atoms with E-state index in [9.17, 15) is 4.79 Å². The zero-order valence-electron chi connectivity index (χ0n) is 15.5. The summed E-state index contributed by atoms with van der Waals surface area (Å²) < 4.78 is 0. The predicted molar refractivity (Wildman–Crippen MR) is 96.0 cm³/mol. The first-order valence-electron chi connectivity index (χ1n) is 9.88. The highest BCUT2D eigenvalue weighted by atomic mass is 16.1. The molecular formula is C21H35NO. The van der Waals surface area contributed by atoms with Crippen molar-refractivity contribution in [2.45, 2.75) is 72.6 Å². The molecule has 0 aromatic heterocycles. The minimum Gasteiger partial charge on any atom is -0.352 e. The lowest BCUT2D eigenvalue weighted by Crippen LogP contribution is -2.38. The molecule has 130 valence electrons. The summed E-state index contributed by atoms with van der Waals surface area (Å²) in [6.07, 6.45) is 12.0. The van der Waals surface area contributed by atoms with E-state index in [1.807, 2.05) is 6.92 Å². The van der Waals surface area contributed by atoms with Gasteiger partial charge in [0.25, 0.3) is 0 Å². The summed E-state index contributed by atoms with van der Waals surface area (Å²) in [7, 11) is 0. The average molecular weight is 318 g/mol. The molecule has 0 bridgehead atoms. The molecule has 2 nitrogen and oxygen atoms in total. The van der Waals surface area contributed by atoms with E-state index < -0.39 is 0 Å². The Morgan fingerprint density at radius 3 is 2.87 bits per heavy atom. The number of hydrogen-bond donors (Lipinski definition) is 1. The molecule has 2 heteroatoms. The van der Waals surface area contributed by atoms with Gasteiger partial charge in [-0.2, -0.15) is 0 Å². The van der Waals surface area contributed by atoms with Crippen molar-refractivity contribution in [1.29, 1.82) is 0 Å². The quantitative estimate of drug-likeness (QED) is 0.781. The van der Waals surface area contributed by atoms with Gasteiger partial charge in [-0.05, 0) is 74.0 Å². The molecule has 3 unspecified atom stereocenters. The van der Waals surface area contributed by atoms with Crippen LogP contribution < -0.4 is 5.32 Å². The van der Waals surface area contributed by atoms with Gasteiger partial charge in [0.05, 0.1) is 0 Å². The van der Waals surface area contributed by atoms with Gasteiger partial charge in [0, 0.05) is 12.1 Å². The number of hydrogen-bond acceptors (Lipinski definition) is 1. The first-order chi connectivity index (χ1) is 10.9. The lowest BCUT2D eigenvalue weighted by atomic mass is 9.59. The first-order valence-corrected chi connectivity index (χ1v) is 9.88. The minimum atomic E-state index is 0.122. The van der Waals surface area contributed by atoms with Gasteiger partial charge in [-0.1, -0.05) is 39.7 Å². The van der Waals surface area contributed by atoms with E-state index >= 15 is 0 Å². The van der Waals surface area contributed by atoms with Crippen molar-refractivity contribution in [3.8, 4) is 0 Å². The molecule has 1 amide bonds. The van der Waals surface area contributed by atoms with Crippen molar-refractivity contribution in [1.82, 2.24) is 5.32 Å². The molecule has 0 aromatic carbocycles. The maximum absolute atomic E-state index is 11.5. The molecule has 6 atom stereocenters. The Bertz CT molecular complexity index is 482. The summed E-state index contributed by atoms with van der Waals surface area (Å²) in [5, 5.41) is 3.03. The number of nitrogens with one attached hydrogen (secondary N) is 1. The maximum Gasteiger partial charge on any atom is 0.246 e. The second kappa shape index (κ2) is 6.61. The van der Waals surface area contributed by atoms with E-state index in [0.717, 1.165) is 35.8 Å². The second-order valence-electron chi connectivity index (χ2n) is 9.04. The van der Waals surface area contributed by atoms with E-state index in [4.69, 9.17) is 0 Å². The average Bonchev–Trinajstić information content (AvgIpc) is 2.87. The van der Waals surface area contributed by atoms with Crippen molar-refractivity contribution in [3.05, 3.63) is 11.6 Å². The van der Waals surface area contributed by atoms with Crippen molar-refractivity contribution in [2.24, 2.45) is 35.0 Å². The SMILES string of the molecule is CC1=CC(CCC(C)[C@H]2CCC3[C@@H](C)CCC[C@@]32C)CNC1=O. The molecule has 0 aromatic rings. The Kier molecular flexibility index (Phi) is 4.90. The van der Waals surface area contributed by atoms with Crippen molar-refractivity contribution in [3.63, 3.8) is 0 Å². The van der Waals surface area contributed by atoms with Gasteiger partial charge in [-0.15, -0.1) is 0 Å². The van der Waals surface area contributed by atoms with Crippen LogP contribution in [-0.2, 0) is 4.79 Å². The van der Waals surface area contributed by atoms with Crippen molar-refractivity contribution in [2.75, 3.05) is 6.54 Å². The van der Waals surface area contributed by atoms with Crippen LogP contribution in [-0.4, -0.2) is 12.5 Å². The molecule has 1 N–H and O–H groups in total. The first kappa shape index (κ1) is 17.0. The van der Waals surface area contributed by atoms with Gasteiger partial charge in [0.2, 0.25) is 5.91 Å². The van der Waals surface area contributed by atoms with Crippen LogP contribution in [0.1, 0.15) is 72.6 Å². The van der Waals surface area contributed by atoms with Gasteiger partial charge in [-0.25, -0.2) is 0 Å². The smallest absolute Gasteiger partial charge is 0.246 e. The lowest BCUT2D eigenvalue weighted by molar-refractivity contribution is -0.118. The van der Waals surface area contributed by atoms with Crippen LogP contribution in [0.2, 0.25) is 0 Å². The third-order valence-corrected chi connectivity index (χ3v) is 7.59. The van der Waals surface area contributed by atoms with Gasteiger partial charge in [0.1, 0.15) is 0 Å². The van der Waals surface area contributed by atoms with Gasteiger partial charge in [0.15, 0.2) is 0 Å². The van der Waals surface area contributed by atoms with Crippen LogP contribution in [0.15, 0.2) is 11.6 Å². The molecule has 2 aliphatic carbocycles. The molecule has 0 spiro atoms. The molecule has 3 aliphatic rings. The van der Waals surface area contributed by atoms with Crippen LogP contribution in [0.3, 0.4) is 0 Å². The van der Waals surface area contributed by atoms with Gasteiger partial charge in [-0.3, -0.25) is 4.79 Å². The van der Waals surface area contributed by atoms with E-state index in [-0.39, 0.29) is 5.91 Å². The van der Waals surface area contributed by atoms with Crippen LogP contribution in [0.5, 0.6) is 0 Å². The normalized spacial score (nSPS) is 41.9. The summed E-state index contributed by atoms with van der Waals surface area (Å²) in [5.41, 5.74) is 1.51. The number of amides is 1. The molecule has 1 heterocycles. The monoisotopic (exact) mass is 317 g/mol. The molecular weight excluding hydrogens is 282 g/mol. The lowest BCUT2D eigenvalue weighted by Gasteiger charge is -2.46. The molecule has 0 saturated heterocycles. The fourth-order valence-electron chi connectivity index (χ4n) is 6.25. The highest BCUT2D eigenvalue weighted by Gasteiger charge is 2.51. The molecule has 0 radical (unpaired) electrons. The molecule has 1 aliphatic heterocycles. The number of carbonyl (C=O) groups excluding carboxylic acids is 1. The largest absolute Gasteiger partial charge is 0.352 e. The zero-order valence-corrected chi connectivity index (χ0v) is 15.5. The standard InChI is InChI=1S/C21H35NO/c1-14-6-5-11-21(4)18(14)9-10-19(21)15(2)7-8-17-12-16(3)20(23)22-13-17/h12,14-15,17-19H,5-11,13H2,1-4H3,(H,22,23)/t14-,15?,17?,18?,19+,21-/m0/s1. The van der Waals surface area contributed by atoms with Gasteiger partial charge >= 0.3 is 0 Å².